The van der Waals surface area contributed by atoms with E-state index in [1.54, 1.807) is 12.4 Å². The van der Waals surface area contributed by atoms with Crippen LogP contribution >= 0.6 is 0 Å². The molecule has 3 aromatic rings. The Balaban J connectivity index is 2.30. The zero-order chi connectivity index (χ0) is 18.1. The summed E-state index contributed by atoms with van der Waals surface area (Å²) in [5.74, 6) is 0.218. The highest BCUT2D eigenvalue weighted by atomic mass is 15.3. The Morgan fingerprint density at radius 2 is 2.04 bits per heavy atom. The predicted molar refractivity (Wildman–Crippen MR) is 97.7 cm³/mol. The fraction of sp³-hybridized carbons (Fsp3) is 0.263. The van der Waals surface area contributed by atoms with E-state index in [0.717, 1.165) is 28.1 Å². The van der Waals surface area contributed by atoms with Crippen molar-refractivity contribution >= 4 is 5.82 Å². The molecular weight excluding hydrogens is 312 g/mol. The molecule has 2 N–H and O–H groups in total. The van der Waals surface area contributed by atoms with Crippen LogP contribution in [0, 0.1) is 25.2 Å². The van der Waals surface area contributed by atoms with Gasteiger partial charge in [0.05, 0.1) is 11.4 Å². The Hall–Kier alpha value is -3.20. The minimum absolute atomic E-state index is 0.218. The van der Waals surface area contributed by atoms with Gasteiger partial charge in [0.15, 0.2) is 0 Å². The quantitative estimate of drug-likeness (QED) is 0.790. The molecule has 0 aliphatic carbocycles. The van der Waals surface area contributed by atoms with E-state index in [1.165, 1.54) is 0 Å². The number of nitrogens with zero attached hydrogens (tertiary/aromatic N) is 5. The van der Waals surface area contributed by atoms with Crippen LogP contribution < -0.4 is 5.73 Å². The third kappa shape index (κ3) is 2.85. The Bertz CT molecular complexity index is 964. The third-order valence-electron chi connectivity index (χ3n) is 4.20. The Kier molecular flexibility index (Phi) is 4.24. The first-order valence-electron chi connectivity index (χ1n) is 8.11. The van der Waals surface area contributed by atoms with Gasteiger partial charge in [-0.25, -0.2) is 4.98 Å². The first-order valence-corrected chi connectivity index (χ1v) is 8.11. The monoisotopic (exact) mass is 332 g/mol. The van der Waals surface area contributed by atoms with Crippen LogP contribution in [0.15, 0.2) is 30.6 Å². The zero-order valence-electron chi connectivity index (χ0n) is 14.8. The standard InChI is InChI=1S/C19H20N6/c1-11(2)25-13(4)18(12(3)24-25)15-8-17(14-6-5-7-22-10-14)23-19(21)16(15)9-20/h5-8,10-11H,1-4H3,(H2,21,23). The molecule has 0 aliphatic heterocycles. The van der Waals surface area contributed by atoms with Crippen molar-refractivity contribution in [2.75, 3.05) is 5.73 Å². The van der Waals surface area contributed by atoms with Gasteiger partial charge in [0.1, 0.15) is 17.5 Å². The number of hydrogen-bond donors (Lipinski definition) is 1. The van der Waals surface area contributed by atoms with Crippen molar-refractivity contribution in [3.8, 4) is 28.5 Å². The number of aryl methyl sites for hydroxylation is 1. The largest absolute Gasteiger partial charge is 0.383 e. The van der Waals surface area contributed by atoms with Gasteiger partial charge in [-0.2, -0.15) is 10.4 Å². The van der Waals surface area contributed by atoms with Crippen LogP contribution in [0.25, 0.3) is 22.4 Å². The summed E-state index contributed by atoms with van der Waals surface area (Å²) in [7, 11) is 0. The number of anilines is 1. The Labute approximate surface area is 147 Å². The van der Waals surface area contributed by atoms with Crippen LogP contribution in [0.1, 0.15) is 36.8 Å². The maximum atomic E-state index is 9.61. The summed E-state index contributed by atoms with van der Waals surface area (Å²) in [5, 5.41) is 14.2. The summed E-state index contributed by atoms with van der Waals surface area (Å²) in [6.07, 6.45) is 3.44. The van der Waals surface area contributed by atoms with Crippen molar-refractivity contribution in [1.82, 2.24) is 19.7 Å². The van der Waals surface area contributed by atoms with Gasteiger partial charge >= 0.3 is 0 Å². The summed E-state index contributed by atoms with van der Waals surface area (Å²) in [6.45, 7) is 8.12. The molecule has 0 atom stereocenters. The molecule has 6 heteroatoms. The van der Waals surface area contributed by atoms with E-state index in [1.807, 2.05) is 36.7 Å². The number of nitrogen functional groups attached to an aromatic ring is 1. The summed E-state index contributed by atoms with van der Waals surface area (Å²) >= 11 is 0. The van der Waals surface area contributed by atoms with Gasteiger partial charge in [0.2, 0.25) is 0 Å². The number of pyridine rings is 2. The lowest BCUT2D eigenvalue weighted by molar-refractivity contribution is 0.516. The second-order valence-corrected chi connectivity index (χ2v) is 6.25. The molecule has 0 fully saturated rings. The topological polar surface area (TPSA) is 93.4 Å². The lowest BCUT2D eigenvalue weighted by atomic mass is 9.97. The zero-order valence-corrected chi connectivity index (χ0v) is 14.8. The van der Waals surface area contributed by atoms with Gasteiger partial charge in [-0.3, -0.25) is 9.67 Å². The molecule has 6 nitrogen and oxygen atoms in total. The minimum atomic E-state index is 0.218. The highest BCUT2D eigenvalue weighted by Gasteiger charge is 2.21. The smallest absolute Gasteiger partial charge is 0.142 e. The van der Waals surface area contributed by atoms with Crippen LogP contribution in [-0.2, 0) is 0 Å². The summed E-state index contributed by atoms with van der Waals surface area (Å²) in [6, 6.07) is 8.09. The molecule has 3 rings (SSSR count). The van der Waals surface area contributed by atoms with Gasteiger partial charge in [-0.15, -0.1) is 0 Å². The fourth-order valence-corrected chi connectivity index (χ4v) is 3.10. The lowest BCUT2D eigenvalue weighted by Crippen LogP contribution is -2.05. The van der Waals surface area contributed by atoms with Gasteiger partial charge in [0.25, 0.3) is 0 Å². The number of aromatic nitrogens is 4. The van der Waals surface area contributed by atoms with E-state index in [2.05, 4.69) is 35.0 Å². The average Bonchev–Trinajstić information content (AvgIpc) is 2.89. The van der Waals surface area contributed by atoms with E-state index in [-0.39, 0.29) is 11.9 Å². The fourth-order valence-electron chi connectivity index (χ4n) is 3.10. The number of rotatable bonds is 3. The molecule has 0 spiro atoms. The molecule has 3 aromatic heterocycles. The van der Waals surface area contributed by atoms with Crippen LogP contribution in [0.4, 0.5) is 5.82 Å². The first-order chi connectivity index (χ1) is 11.9. The van der Waals surface area contributed by atoms with Gasteiger partial charge in [-0.1, -0.05) is 0 Å². The van der Waals surface area contributed by atoms with Gasteiger partial charge < -0.3 is 5.73 Å². The van der Waals surface area contributed by atoms with Crippen LogP contribution in [0.2, 0.25) is 0 Å². The SMILES string of the molecule is Cc1nn(C(C)C)c(C)c1-c1cc(-c2cccnc2)nc(N)c1C#N. The number of nitriles is 1. The molecule has 0 aliphatic rings. The molecule has 3 heterocycles. The molecule has 0 saturated heterocycles. The van der Waals surface area contributed by atoms with Crippen molar-refractivity contribution in [1.29, 1.82) is 5.26 Å². The summed E-state index contributed by atoms with van der Waals surface area (Å²) < 4.78 is 1.96. The lowest BCUT2D eigenvalue weighted by Gasteiger charge is -2.12. The summed E-state index contributed by atoms with van der Waals surface area (Å²) in [4.78, 5) is 8.53. The van der Waals surface area contributed by atoms with E-state index < -0.39 is 0 Å². The predicted octanol–water partition coefficient (Wildman–Crippen LogP) is 3.66. The van der Waals surface area contributed by atoms with Crippen LogP contribution in [-0.4, -0.2) is 19.7 Å². The molecule has 0 aromatic carbocycles. The average molecular weight is 332 g/mol. The molecule has 0 amide bonds. The second-order valence-electron chi connectivity index (χ2n) is 6.25. The molecule has 126 valence electrons. The van der Waals surface area contributed by atoms with E-state index in [0.29, 0.717) is 11.3 Å². The van der Waals surface area contributed by atoms with Crippen molar-refractivity contribution in [3.05, 3.63) is 47.5 Å². The third-order valence-corrected chi connectivity index (χ3v) is 4.20. The molecule has 0 radical (unpaired) electrons. The maximum absolute atomic E-state index is 9.61. The number of hydrogen-bond acceptors (Lipinski definition) is 5. The second kappa shape index (κ2) is 6.36. The van der Waals surface area contributed by atoms with Crippen molar-refractivity contribution < 1.29 is 0 Å². The highest BCUT2D eigenvalue weighted by Crippen LogP contribution is 2.35. The normalized spacial score (nSPS) is 10.9. The van der Waals surface area contributed by atoms with Crippen molar-refractivity contribution in [2.24, 2.45) is 0 Å². The van der Waals surface area contributed by atoms with Gasteiger partial charge in [-0.05, 0) is 45.9 Å². The van der Waals surface area contributed by atoms with Crippen LogP contribution in [0.5, 0.6) is 0 Å². The van der Waals surface area contributed by atoms with Crippen LogP contribution in [0.3, 0.4) is 0 Å². The molecule has 25 heavy (non-hydrogen) atoms. The van der Waals surface area contributed by atoms with E-state index in [9.17, 15) is 5.26 Å². The Morgan fingerprint density at radius 3 is 2.60 bits per heavy atom. The molecule has 0 saturated carbocycles. The van der Waals surface area contributed by atoms with E-state index in [4.69, 9.17) is 5.73 Å². The molecule has 0 unspecified atom stereocenters. The van der Waals surface area contributed by atoms with E-state index >= 15 is 0 Å². The Morgan fingerprint density at radius 1 is 1.28 bits per heavy atom. The van der Waals surface area contributed by atoms with Crippen molar-refractivity contribution in [3.63, 3.8) is 0 Å². The molecule has 0 bridgehead atoms. The van der Waals surface area contributed by atoms with Crippen molar-refractivity contribution in [2.45, 2.75) is 33.7 Å². The minimum Gasteiger partial charge on any atom is -0.383 e. The summed E-state index contributed by atoms with van der Waals surface area (Å²) in [5.41, 5.74) is 11.6. The molecular formula is C19H20N6. The first kappa shape index (κ1) is 16.7. The number of nitrogens with two attached hydrogens (primary N) is 1. The highest BCUT2D eigenvalue weighted by molar-refractivity contribution is 5.82. The van der Waals surface area contributed by atoms with Gasteiger partial charge in [0, 0.05) is 40.8 Å². The maximum Gasteiger partial charge on any atom is 0.142 e.